The van der Waals surface area contributed by atoms with Crippen LogP contribution in [0.25, 0.3) is 0 Å². The number of aryl methyl sites for hydroxylation is 1. The minimum absolute atomic E-state index is 0.0825. The molecule has 0 unspecified atom stereocenters. The molecule has 2 aromatic carbocycles. The van der Waals surface area contributed by atoms with E-state index in [0.717, 1.165) is 11.3 Å². The van der Waals surface area contributed by atoms with E-state index in [0.29, 0.717) is 25.1 Å². The summed E-state index contributed by atoms with van der Waals surface area (Å²) in [4.78, 5) is 13.0. The maximum atomic E-state index is 12.9. The number of nitrogens with zero attached hydrogens (tertiary/aromatic N) is 1. The summed E-state index contributed by atoms with van der Waals surface area (Å²) in [7, 11) is -3.60. The Bertz CT molecular complexity index is 938. The second-order valence-electron chi connectivity index (χ2n) is 7.70. The van der Waals surface area contributed by atoms with Crippen LogP contribution in [0.15, 0.2) is 53.4 Å². The normalized spacial score (nSPS) is 17.9. The Hall–Kier alpha value is -2.38. The molecule has 1 saturated heterocycles. The van der Waals surface area contributed by atoms with Crippen LogP contribution in [0.1, 0.15) is 32.3 Å². The lowest BCUT2D eigenvalue weighted by atomic mass is 9.99. The molecule has 0 saturated carbocycles. The average Bonchev–Trinajstić information content (AvgIpc) is 2.69. The summed E-state index contributed by atoms with van der Waals surface area (Å²) in [6.45, 7) is 6.45. The lowest BCUT2D eigenvalue weighted by molar-refractivity contribution is -0.120. The molecule has 2 aromatic rings. The van der Waals surface area contributed by atoms with Gasteiger partial charge >= 0.3 is 0 Å². The molecule has 3 rings (SSSR count). The van der Waals surface area contributed by atoms with Gasteiger partial charge in [0.05, 0.1) is 16.9 Å². The molecule has 1 aliphatic heterocycles. The van der Waals surface area contributed by atoms with Gasteiger partial charge in [0.1, 0.15) is 5.75 Å². The van der Waals surface area contributed by atoms with Crippen molar-refractivity contribution in [2.24, 2.45) is 5.92 Å². The Labute approximate surface area is 172 Å². The van der Waals surface area contributed by atoms with Crippen molar-refractivity contribution in [3.8, 4) is 5.75 Å². The molecular formula is C22H28N2O4S. The fourth-order valence-corrected chi connectivity index (χ4v) is 4.89. The van der Waals surface area contributed by atoms with Gasteiger partial charge in [-0.05, 0) is 70.0 Å². The van der Waals surface area contributed by atoms with E-state index in [1.54, 1.807) is 36.4 Å². The number of ether oxygens (including phenoxy) is 1. The SMILES string of the molecule is Cc1ccc(S(=O)(=O)N2CCC[C@@H](C(=O)Nc3ccc(OC(C)C)cc3)C2)cc1. The number of piperidine rings is 1. The first-order valence-electron chi connectivity index (χ1n) is 9.90. The third-order valence-electron chi connectivity index (χ3n) is 4.91. The Kier molecular flexibility index (Phi) is 6.59. The fourth-order valence-electron chi connectivity index (χ4n) is 3.37. The Morgan fingerprint density at radius 2 is 1.76 bits per heavy atom. The molecule has 1 N–H and O–H groups in total. The Morgan fingerprint density at radius 1 is 1.10 bits per heavy atom. The highest BCUT2D eigenvalue weighted by molar-refractivity contribution is 7.89. The van der Waals surface area contributed by atoms with Crippen LogP contribution in [0.3, 0.4) is 0 Å². The van der Waals surface area contributed by atoms with E-state index in [9.17, 15) is 13.2 Å². The molecule has 1 heterocycles. The molecule has 0 aliphatic carbocycles. The largest absolute Gasteiger partial charge is 0.491 e. The number of amides is 1. The molecule has 1 fully saturated rings. The van der Waals surface area contributed by atoms with Gasteiger partial charge in [-0.25, -0.2) is 8.42 Å². The van der Waals surface area contributed by atoms with Gasteiger partial charge in [0.2, 0.25) is 15.9 Å². The molecule has 156 valence electrons. The number of anilines is 1. The minimum atomic E-state index is -3.60. The number of sulfonamides is 1. The van der Waals surface area contributed by atoms with E-state index in [1.165, 1.54) is 4.31 Å². The number of hydrogen-bond donors (Lipinski definition) is 1. The highest BCUT2D eigenvalue weighted by Crippen LogP contribution is 2.25. The highest BCUT2D eigenvalue weighted by Gasteiger charge is 2.33. The third-order valence-corrected chi connectivity index (χ3v) is 6.79. The van der Waals surface area contributed by atoms with E-state index >= 15 is 0 Å². The van der Waals surface area contributed by atoms with E-state index < -0.39 is 10.0 Å². The van der Waals surface area contributed by atoms with E-state index in [1.807, 2.05) is 32.9 Å². The van der Waals surface area contributed by atoms with Crippen molar-refractivity contribution in [2.45, 2.75) is 44.6 Å². The molecule has 1 aliphatic rings. The molecule has 0 spiro atoms. The van der Waals surface area contributed by atoms with Crippen molar-refractivity contribution < 1.29 is 17.9 Å². The molecule has 29 heavy (non-hydrogen) atoms. The van der Waals surface area contributed by atoms with Gasteiger partial charge < -0.3 is 10.1 Å². The quantitative estimate of drug-likeness (QED) is 0.777. The molecule has 6 nitrogen and oxygen atoms in total. The second-order valence-corrected chi connectivity index (χ2v) is 9.63. The zero-order chi connectivity index (χ0) is 21.0. The summed E-state index contributed by atoms with van der Waals surface area (Å²) in [6.07, 6.45) is 1.41. The van der Waals surface area contributed by atoms with Crippen molar-refractivity contribution in [1.82, 2.24) is 4.31 Å². The number of benzene rings is 2. The van der Waals surface area contributed by atoms with Crippen LogP contribution in [-0.4, -0.2) is 37.8 Å². The smallest absolute Gasteiger partial charge is 0.243 e. The summed E-state index contributed by atoms with van der Waals surface area (Å²) in [6, 6.07) is 14.0. The second kappa shape index (κ2) is 8.97. The first-order valence-corrected chi connectivity index (χ1v) is 11.3. The number of carbonyl (C=O) groups excluding carboxylic acids is 1. The van der Waals surface area contributed by atoms with Crippen LogP contribution in [0.4, 0.5) is 5.69 Å². The van der Waals surface area contributed by atoms with Gasteiger partial charge in [0, 0.05) is 18.8 Å². The van der Waals surface area contributed by atoms with Crippen LogP contribution >= 0.6 is 0 Å². The van der Waals surface area contributed by atoms with Gasteiger partial charge in [-0.2, -0.15) is 4.31 Å². The van der Waals surface area contributed by atoms with Crippen molar-refractivity contribution in [3.63, 3.8) is 0 Å². The summed E-state index contributed by atoms with van der Waals surface area (Å²) in [5.41, 5.74) is 1.68. The number of carbonyl (C=O) groups is 1. The van der Waals surface area contributed by atoms with Crippen LogP contribution in [0, 0.1) is 12.8 Å². The molecule has 1 amide bonds. The zero-order valence-corrected chi connectivity index (χ0v) is 17.9. The first-order chi connectivity index (χ1) is 13.8. The van der Waals surface area contributed by atoms with E-state index in [-0.39, 0.29) is 29.4 Å². The van der Waals surface area contributed by atoms with Gasteiger partial charge in [-0.1, -0.05) is 17.7 Å². The third kappa shape index (κ3) is 5.36. The predicted octanol–water partition coefficient (Wildman–Crippen LogP) is 3.82. The van der Waals surface area contributed by atoms with Crippen LogP contribution in [0.5, 0.6) is 5.75 Å². The number of rotatable bonds is 6. The molecule has 1 atom stereocenters. The topological polar surface area (TPSA) is 75.7 Å². The van der Waals surface area contributed by atoms with Crippen LogP contribution in [0.2, 0.25) is 0 Å². The zero-order valence-electron chi connectivity index (χ0n) is 17.1. The van der Waals surface area contributed by atoms with E-state index in [4.69, 9.17) is 4.74 Å². The molecule has 0 radical (unpaired) electrons. The molecule has 0 aromatic heterocycles. The Balaban J connectivity index is 1.65. The van der Waals surface area contributed by atoms with Gasteiger partial charge in [0.15, 0.2) is 0 Å². The van der Waals surface area contributed by atoms with Crippen molar-refractivity contribution >= 4 is 21.6 Å². The highest BCUT2D eigenvalue weighted by atomic mass is 32.2. The van der Waals surface area contributed by atoms with Crippen LogP contribution in [-0.2, 0) is 14.8 Å². The number of hydrogen-bond acceptors (Lipinski definition) is 4. The summed E-state index contributed by atoms with van der Waals surface area (Å²) in [5, 5.41) is 2.90. The lowest BCUT2D eigenvalue weighted by Gasteiger charge is -2.31. The first kappa shape index (κ1) is 21.3. The molecular weight excluding hydrogens is 388 g/mol. The Morgan fingerprint density at radius 3 is 2.38 bits per heavy atom. The monoisotopic (exact) mass is 416 g/mol. The molecule has 0 bridgehead atoms. The minimum Gasteiger partial charge on any atom is -0.491 e. The standard InChI is InChI=1S/C22H28N2O4S/c1-16(2)28-20-10-8-19(9-11-20)23-22(25)18-5-4-14-24(15-18)29(26,27)21-12-6-17(3)7-13-21/h6-13,16,18H,4-5,14-15H2,1-3H3,(H,23,25)/t18-/m1/s1. The molecule has 7 heteroatoms. The summed E-state index contributed by atoms with van der Waals surface area (Å²) in [5.74, 6) is 0.202. The predicted molar refractivity (Wildman–Crippen MR) is 113 cm³/mol. The lowest BCUT2D eigenvalue weighted by Crippen LogP contribution is -2.43. The maximum Gasteiger partial charge on any atom is 0.243 e. The summed E-state index contributed by atoms with van der Waals surface area (Å²) >= 11 is 0. The average molecular weight is 417 g/mol. The van der Waals surface area contributed by atoms with Gasteiger partial charge in [-0.15, -0.1) is 0 Å². The summed E-state index contributed by atoms with van der Waals surface area (Å²) < 4.78 is 32.9. The van der Waals surface area contributed by atoms with Crippen molar-refractivity contribution in [3.05, 3.63) is 54.1 Å². The van der Waals surface area contributed by atoms with Gasteiger partial charge in [-0.3, -0.25) is 4.79 Å². The maximum absolute atomic E-state index is 12.9. The number of nitrogens with one attached hydrogen (secondary N) is 1. The van der Waals surface area contributed by atoms with E-state index in [2.05, 4.69) is 5.32 Å². The fraction of sp³-hybridized carbons (Fsp3) is 0.409. The van der Waals surface area contributed by atoms with Gasteiger partial charge in [0.25, 0.3) is 0 Å². The van der Waals surface area contributed by atoms with Crippen molar-refractivity contribution in [2.75, 3.05) is 18.4 Å². The van der Waals surface area contributed by atoms with Crippen molar-refractivity contribution in [1.29, 1.82) is 0 Å². The van der Waals surface area contributed by atoms with Crippen LogP contribution < -0.4 is 10.1 Å².